The molecule has 6 N–H and O–H groups in total. The van der Waals surface area contributed by atoms with Gasteiger partial charge in [0, 0.05) is 13.8 Å². The SMILES string of the molecule is CC(=O)OC[C@@H](C)NC(=O)[C@@H](CC(C)C)OC(=O)[C@@H](NC(=O)[C@@H](OC(=O)[C@@H](C)NC(=O)[C@@H](CC(C)C)OC(=O)[C@@H](NC(=O)[C@@H](OC(=O)[C@@H](C)NC(=O)[C@@H](CC(C)C)OC(=O)[C@@H](NC(=O)[C@@H](OC(C)=O)C(C)C)C(C)C)C(C)C)C(C)C)C(C)C)C(C)C. The molecule has 0 aliphatic heterocycles. The summed E-state index contributed by atoms with van der Waals surface area (Å²) in [6.07, 6.45) is -8.39. The Labute approximate surface area is 514 Å². The highest BCUT2D eigenvalue weighted by Crippen LogP contribution is 2.20. The summed E-state index contributed by atoms with van der Waals surface area (Å²) in [7, 11) is 0. The average molecular weight is 1240 g/mol. The molecule has 0 saturated carbocycles. The number of hydrogen-bond donors (Lipinski definition) is 6. The van der Waals surface area contributed by atoms with Crippen LogP contribution in [0.4, 0.5) is 0 Å². The summed E-state index contributed by atoms with van der Waals surface area (Å²) >= 11 is 0. The van der Waals surface area contributed by atoms with Crippen molar-refractivity contribution in [3.63, 3.8) is 0 Å². The molecule has 0 aliphatic carbocycles. The lowest BCUT2D eigenvalue weighted by Crippen LogP contribution is -2.55. The maximum absolute atomic E-state index is 14.0. The van der Waals surface area contributed by atoms with E-state index in [-0.39, 0.29) is 43.6 Å². The molecule has 0 heterocycles. The Morgan fingerprint density at radius 1 is 0.287 bits per heavy atom. The van der Waals surface area contributed by atoms with Crippen molar-refractivity contribution in [2.75, 3.05) is 6.61 Å². The minimum Gasteiger partial charge on any atom is -0.464 e. The number of carbonyl (C=O) groups excluding carboxylic acids is 13. The number of esters is 7. The molecule has 0 radical (unpaired) electrons. The molecule has 26 nitrogen and oxygen atoms in total. The van der Waals surface area contributed by atoms with E-state index in [4.69, 9.17) is 33.2 Å². The monoisotopic (exact) mass is 1240 g/mol. The van der Waals surface area contributed by atoms with Gasteiger partial charge in [-0.25, -0.2) is 24.0 Å². The Balaban J connectivity index is 6.26. The minimum absolute atomic E-state index is 0.00500. The van der Waals surface area contributed by atoms with Crippen molar-refractivity contribution >= 4 is 77.2 Å². The number of rotatable bonds is 37. The Hall–Kier alpha value is -6.89. The predicted molar refractivity (Wildman–Crippen MR) is 318 cm³/mol. The summed E-state index contributed by atoms with van der Waals surface area (Å²) in [5.41, 5.74) is 0. The molecule has 0 rings (SSSR count). The van der Waals surface area contributed by atoms with Gasteiger partial charge in [-0.05, 0) is 93.3 Å². The fourth-order valence-corrected chi connectivity index (χ4v) is 8.21. The third-order valence-corrected chi connectivity index (χ3v) is 13.1. The van der Waals surface area contributed by atoms with E-state index in [9.17, 15) is 62.3 Å². The van der Waals surface area contributed by atoms with Crippen LogP contribution in [0.1, 0.15) is 179 Å². The van der Waals surface area contributed by atoms with E-state index in [0.29, 0.717) is 0 Å². The smallest absolute Gasteiger partial charge is 0.329 e. The van der Waals surface area contributed by atoms with Gasteiger partial charge in [-0.2, -0.15) is 0 Å². The van der Waals surface area contributed by atoms with Crippen LogP contribution in [0.15, 0.2) is 0 Å². The highest BCUT2D eigenvalue weighted by Gasteiger charge is 2.41. The molecule has 0 aromatic carbocycles. The first-order valence-corrected chi connectivity index (χ1v) is 30.2. The second-order valence-electron chi connectivity index (χ2n) is 25.5. The summed E-state index contributed by atoms with van der Waals surface area (Å²) in [6.45, 7) is 36.5. The quantitative estimate of drug-likeness (QED) is 0.0377. The van der Waals surface area contributed by atoms with Crippen LogP contribution in [-0.4, -0.2) is 157 Å². The van der Waals surface area contributed by atoms with E-state index in [0.717, 1.165) is 6.92 Å². The fourth-order valence-electron chi connectivity index (χ4n) is 8.21. The van der Waals surface area contributed by atoms with E-state index < -0.39 is 186 Å². The minimum atomic E-state index is -1.54. The van der Waals surface area contributed by atoms with Crippen LogP contribution in [-0.2, 0) is 95.5 Å². The molecule has 6 amide bonds. The van der Waals surface area contributed by atoms with Gasteiger partial charge >= 0.3 is 41.8 Å². The van der Waals surface area contributed by atoms with Gasteiger partial charge in [0.2, 0.25) is 0 Å². The van der Waals surface area contributed by atoms with E-state index in [1.807, 2.05) is 13.8 Å². The molecule has 87 heavy (non-hydrogen) atoms. The van der Waals surface area contributed by atoms with Gasteiger partial charge in [-0.15, -0.1) is 0 Å². The van der Waals surface area contributed by atoms with E-state index in [1.165, 1.54) is 20.8 Å². The second kappa shape index (κ2) is 38.4. The Morgan fingerprint density at radius 3 is 0.782 bits per heavy atom. The number of nitrogens with one attached hydrogen (secondary N) is 6. The number of ether oxygens (including phenoxy) is 7. The van der Waals surface area contributed by atoms with E-state index >= 15 is 0 Å². The molecule has 0 spiro atoms. The van der Waals surface area contributed by atoms with Crippen molar-refractivity contribution < 1.29 is 95.5 Å². The molecule has 0 unspecified atom stereocenters. The van der Waals surface area contributed by atoms with Gasteiger partial charge in [0.1, 0.15) is 36.8 Å². The highest BCUT2D eigenvalue weighted by molar-refractivity contribution is 5.95. The zero-order chi connectivity index (χ0) is 67.7. The second-order valence-corrected chi connectivity index (χ2v) is 25.5. The lowest BCUT2D eigenvalue weighted by atomic mass is 10.0. The van der Waals surface area contributed by atoms with Gasteiger partial charge < -0.3 is 65.1 Å². The zero-order valence-corrected chi connectivity index (χ0v) is 55.6. The third-order valence-electron chi connectivity index (χ3n) is 13.1. The van der Waals surface area contributed by atoms with E-state index in [2.05, 4.69) is 31.9 Å². The van der Waals surface area contributed by atoms with E-state index in [1.54, 1.807) is 118 Å². The molecule has 0 aromatic rings. The maximum Gasteiger partial charge on any atom is 0.329 e. The summed E-state index contributed by atoms with van der Waals surface area (Å²) < 4.78 is 38.4. The molecule has 0 bridgehead atoms. The summed E-state index contributed by atoms with van der Waals surface area (Å²) in [5.74, 6) is -15.4. The first-order chi connectivity index (χ1) is 40.0. The lowest BCUT2D eigenvalue weighted by molar-refractivity contribution is -0.166. The normalized spacial score (nSPS) is 15.8. The average Bonchev–Trinajstić information content (AvgIpc) is 2.20. The maximum atomic E-state index is 14.0. The summed E-state index contributed by atoms with van der Waals surface area (Å²) in [4.78, 5) is 173. The molecule has 12 atom stereocenters. The van der Waals surface area contributed by atoms with Crippen LogP contribution >= 0.6 is 0 Å². The molecule has 0 aromatic heterocycles. The topological polar surface area (TPSA) is 359 Å². The predicted octanol–water partition coefficient (Wildman–Crippen LogP) is 4.08. The van der Waals surface area contributed by atoms with Gasteiger partial charge in [0.25, 0.3) is 35.4 Å². The van der Waals surface area contributed by atoms with Crippen LogP contribution in [0.2, 0.25) is 0 Å². The van der Waals surface area contributed by atoms with Crippen molar-refractivity contribution in [2.45, 2.75) is 251 Å². The molecule has 498 valence electrons. The van der Waals surface area contributed by atoms with Crippen LogP contribution < -0.4 is 31.9 Å². The molecular weight excluding hydrogens is 1140 g/mol. The molecular formula is C61H104N6O20. The Morgan fingerprint density at radius 2 is 0.552 bits per heavy atom. The van der Waals surface area contributed by atoms with Gasteiger partial charge in [-0.3, -0.25) is 38.4 Å². The van der Waals surface area contributed by atoms with Crippen molar-refractivity contribution in [3.8, 4) is 0 Å². The van der Waals surface area contributed by atoms with Crippen LogP contribution in [0, 0.1) is 53.3 Å². The Bertz CT molecular complexity index is 2330. The van der Waals surface area contributed by atoms with Crippen molar-refractivity contribution in [3.05, 3.63) is 0 Å². The third kappa shape index (κ3) is 29.6. The summed E-state index contributed by atoms with van der Waals surface area (Å²) in [5, 5.41) is 15.3. The standard InChI is InChI=1S/C61H104N6O20/c1-28(2)24-42(51(70)62-37(19)27-81-40(22)68)83-59(78)46(32(9)10)66-55(74)49(35(15)16)86-57(76)39(21)64-53(72)44(26-30(5)6)85-61(80)47(33(11)12)67-56(75)50(36(17)18)87-58(77)38(20)63-52(71)43(25-29(3)4)84-60(79)45(31(7)8)65-54(73)48(34(13)14)82-41(23)69/h28-39,42-50H,24-27H2,1-23H3,(H,62,70)(H,63,71)(H,64,72)(H,65,73)(H,66,74)(H,67,75)/t37-,38-,39-,42-,43-,44-,45+,46+,47+,48+,49+,50+/m1/s1. The van der Waals surface area contributed by atoms with Crippen molar-refractivity contribution in [1.82, 2.24) is 31.9 Å². The largest absolute Gasteiger partial charge is 0.464 e. The summed E-state index contributed by atoms with van der Waals surface area (Å²) in [6, 6.07) is -7.42. The Kier molecular flexibility index (Phi) is 35.4. The lowest BCUT2D eigenvalue weighted by Gasteiger charge is -2.29. The van der Waals surface area contributed by atoms with Crippen LogP contribution in [0.25, 0.3) is 0 Å². The zero-order valence-electron chi connectivity index (χ0n) is 55.6. The number of carbonyl (C=O) groups is 13. The van der Waals surface area contributed by atoms with Gasteiger partial charge in [0.05, 0.1) is 6.04 Å². The van der Waals surface area contributed by atoms with Crippen molar-refractivity contribution in [2.24, 2.45) is 53.3 Å². The number of amides is 6. The molecule has 0 aliphatic rings. The molecule has 0 fully saturated rings. The van der Waals surface area contributed by atoms with Crippen molar-refractivity contribution in [1.29, 1.82) is 0 Å². The fraction of sp³-hybridized carbons (Fsp3) is 0.787. The van der Waals surface area contributed by atoms with Crippen LogP contribution in [0.5, 0.6) is 0 Å². The van der Waals surface area contributed by atoms with Gasteiger partial charge in [0.15, 0.2) is 36.6 Å². The molecule has 0 saturated heterocycles. The van der Waals surface area contributed by atoms with Gasteiger partial charge in [-0.1, -0.05) is 125 Å². The molecule has 26 heteroatoms. The number of hydrogen-bond acceptors (Lipinski definition) is 20. The van der Waals surface area contributed by atoms with Crippen LogP contribution in [0.3, 0.4) is 0 Å². The first-order valence-electron chi connectivity index (χ1n) is 30.2. The first kappa shape index (κ1) is 80.1. The highest BCUT2D eigenvalue weighted by atomic mass is 16.6.